The van der Waals surface area contributed by atoms with Gasteiger partial charge in [0.05, 0.1) is 30.5 Å². The Morgan fingerprint density at radius 2 is 1.76 bits per heavy atom. The third kappa shape index (κ3) is 10.1. The van der Waals surface area contributed by atoms with Crippen LogP contribution < -0.4 is 25.9 Å². The number of aryl methyl sites for hydroxylation is 2. The van der Waals surface area contributed by atoms with Crippen LogP contribution in [0.5, 0.6) is 11.5 Å². The Labute approximate surface area is 268 Å². The number of carbonyl (C=O) groups is 1. The molecule has 0 aliphatic rings. The van der Waals surface area contributed by atoms with E-state index in [4.69, 9.17) is 15.5 Å². The summed E-state index contributed by atoms with van der Waals surface area (Å²) >= 11 is 1.22. The van der Waals surface area contributed by atoms with E-state index >= 15 is 0 Å². The Kier molecular flexibility index (Phi) is 11.8. The summed E-state index contributed by atoms with van der Waals surface area (Å²) in [7, 11) is 1.61. The molecule has 0 saturated heterocycles. The van der Waals surface area contributed by atoms with Crippen LogP contribution in [0, 0.1) is 13.8 Å². The number of carbonyl (C=O) groups excluding carboxylic acids is 1. The summed E-state index contributed by atoms with van der Waals surface area (Å²) in [5.41, 5.74) is 13.1. The summed E-state index contributed by atoms with van der Waals surface area (Å²) in [6.07, 6.45) is -0.983. The molecule has 1 heterocycles. The fraction of sp³-hybridized carbons (Fsp3) is 0.258. The highest BCUT2D eigenvalue weighted by Gasteiger charge is 2.31. The Balaban J connectivity index is 1.44. The van der Waals surface area contributed by atoms with Gasteiger partial charge in [0.25, 0.3) is 0 Å². The molecule has 0 unspecified atom stereocenters. The van der Waals surface area contributed by atoms with E-state index in [0.29, 0.717) is 36.2 Å². The molecule has 11 nitrogen and oxygen atoms in total. The van der Waals surface area contributed by atoms with Gasteiger partial charge in [0.1, 0.15) is 17.8 Å². The van der Waals surface area contributed by atoms with Gasteiger partial charge < -0.3 is 20.5 Å². The minimum Gasteiger partial charge on any atom is -0.497 e. The molecule has 1 amide bonds. The number of amides is 1. The number of rotatable bonds is 12. The number of aliphatic imine (C=N–C) groups is 1. The molecule has 15 heteroatoms. The third-order valence-corrected chi connectivity index (χ3v) is 7.19. The molecule has 0 atom stereocenters. The molecule has 0 aliphatic heterocycles. The van der Waals surface area contributed by atoms with Crippen molar-refractivity contribution in [3.05, 3.63) is 83.7 Å². The highest BCUT2D eigenvalue weighted by Crippen LogP contribution is 2.29. The Bertz CT molecular complexity index is 1650. The zero-order chi connectivity index (χ0) is 33.1. The minimum absolute atomic E-state index is 0.139. The van der Waals surface area contributed by atoms with Gasteiger partial charge >= 0.3 is 6.36 Å². The molecule has 4 N–H and O–H groups in total. The number of nitrogens with one attached hydrogen (secondary N) is 2. The van der Waals surface area contributed by atoms with Crippen LogP contribution in [0.25, 0.3) is 17.1 Å². The van der Waals surface area contributed by atoms with Crippen molar-refractivity contribution >= 4 is 34.7 Å². The molecule has 0 saturated carbocycles. The van der Waals surface area contributed by atoms with Gasteiger partial charge in [0.2, 0.25) is 5.91 Å². The van der Waals surface area contributed by atoms with Crippen LogP contribution >= 0.6 is 11.8 Å². The lowest BCUT2D eigenvalue weighted by molar-refractivity contribution is -0.274. The molecule has 0 radical (unpaired) electrons. The maximum absolute atomic E-state index is 12.4. The smallest absolute Gasteiger partial charge is 0.497 e. The topological polar surface area (TPSA) is 141 Å². The monoisotopic (exact) mass is 654 g/mol. The summed E-state index contributed by atoms with van der Waals surface area (Å²) < 4.78 is 48.0. The van der Waals surface area contributed by atoms with Crippen LogP contribution in [-0.4, -0.2) is 64.4 Å². The number of aromatic nitrogens is 3. The second-order valence-corrected chi connectivity index (χ2v) is 10.8. The van der Waals surface area contributed by atoms with Crippen LogP contribution in [0.15, 0.2) is 77.1 Å². The fourth-order valence-electron chi connectivity index (χ4n) is 4.12. The molecule has 46 heavy (non-hydrogen) atoms. The normalized spacial score (nSPS) is 11.9. The lowest BCUT2D eigenvalue weighted by Gasteiger charge is -2.11. The van der Waals surface area contributed by atoms with E-state index in [2.05, 4.69) is 30.7 Å². The van der Waals surface area contributed by atoms with Crippen molar-refractivity contribution < 1.29 is 27.4 Å². The highest BCUT2D eigenvalue weighted by atomic mass is 32.2. The average molecular weight is 655 g/mol. The molecule has 4 rings (SSSR count). The number of methoxy groups -OCH3 is 1. The van der Waals surface area contributed by atoms with Crippen molar-refractivity contribution in [2.45, 2.75) is 26.6 Å². The van der Waals surface area contributed by atoms with E-state index in [1.807, 2.05) is 50.2 Å². The highest BCUT2D eigenvalue weighted by molar-refractivity contribution is 8.14. The van der Waals surface area contributed by atoms with Gasteiger partial charge in [-0.25, -0.2) is 14.7 Å². The molecular weight excluding hydrogens is 621 g/mol. The van der Waals surface area contributed by atoms with E-state index < -0.39 is 6.36 Å². The molecule has 3 aromatic carbocycles. The number of alkyl halides is 3. The fourth-order valence-corrected chi connectivity index (χ4v) is 4.76. The number of ether oxygens (including phenoxy) is 2. The first-order valence-corrected chi connectivity index (χ1v) is 15.0. The van der Waals surface area contributed by atoms with E-state index in [9.17, 15) is 18.0 Å². The molecule has 242 valence electrons. The van der Waals surface area contributed by atoms with Gasteiger partial charge in [-0.15, -0.1) is 18.3 Å². The average Bonchev–Trinajstić information content (AvgIpc) is 3.51. The number of nitrogens with two attached hydrogens (primary N) is 1. The number of hydrogen-bond donors (Lipinski definition) is 3. The molecule has 1 aromatic heterocycles. The lowest BCUT2D eigenvalue weighted by atomic mass is 10.1. The van der Waals surface area contributed by atoms with E-state index in [1.54, 1.807) is 13.3 Å². The SMILES string of the molecule is COc1cc(C)c(/N=C(/N/N=C/c2ccc(-c3ncn(-c4ccc(OC(F)(F)F)cc4)n3)cc2)SCC(=O)NCCCN)c(C)c1. The zero-order valence-electron chi connectivity index (χ0n) is 25.3. The summed E-state index contributed by atoms with van der Waals surface area (Å²) in [5.74, 6) is 0.833. The summed E-state index contributed by atoms with van der Waals surface area (Å²) in [4.78, 5) is 21.4. The van der Waals surface area contributed by atoms with Gasteiger partial charge in [-0.1, -0.05) is 36.0 Å². The number of benzene rings is 3. The van der Waals surface area contributed by atoms with E-state index in [-0.39, 0.29) is 17.4 Å². The number of nitrogens with zero attached hydrogens (tertiary/aromatic N) is 5. The third-order valence-electron chi connectivity index (χ3n) is 6.33. The summed E-state index contributed by atoms with van der Waals surface area (Å²) in [5, 5.41) is 12.0. The first kappa shape index (κ1) is 34.0. The minimum atomic E-state index is -4.76. The van der Waals surface area contributed by atoms with Crippen LogP contribution in [0.2, 0.25) is 0 Å². The van der Waals surface area contributed by atoms with Gasteiger partial charge in [-0.05, 0) is 79.9 Å². The maximum atomic E-state index is 12.4. The number of thioether (sulfide) groups is 1. The standard InChI is InChI=1S/C31H33F3N8O3S/c1-20-15-26(44-3)16-21(2)28(20)39-30(46-18-27(43)36-14-4-13-35)40-38-17-22-5-7-23(8-6-22)29-37-19-42(41-29)24-9-11-25(12-10-24)45-31(32,33)34/h5-12,15-17,19H,4,13-14,18,35H2,1-3H3,(H,36,43)(H,39,40)/b38-17+. The predicted molar refractivity (Wildman–Crippen MR) is 173 cm³/mol. The van der Waals surface area contributed by atoms with Crippen molar-refractivity contribution in [3.8, 4) is 28.6 Å². The van der Waals surface area contributed by atoms with E-state index in [0.717, 1.165) is 33.7 Å². The van der Waals surface area contributed by atoms with Gasteiger partial charge in [0, 0.05) is 12.1 Å². The maximum Gasteiger partial charge on any atom is 0.573 e. The molecule has 4 aromatic rings. The molecule has 0 spiro atoms. The second-order valence-electron chi connectivity index (χ2n) is 9.85. The number of hydrazone groups is 1. The van der Waals surface area contributed by atoms with Crippen LogP contribution in [-0.2, 0) is 4.79 Å². The van der Waals surface area contributed by atoms with Crippen LogP contribution in [0.1, 0.15) is 23.1 Å². The van der Waals surface area contributed by atoms with Gasteiger partial charge in [-0.3, -0.25) is 10.2 Å². The Hall–Kier alpha value is -4.89. The molecule has 0 bridgehead atoms. The van der Waals surface area contributed by atoms with Crippen molar-refractivity contribution in [2.24, 2.45) is 15.8 Å². The first-order valence-electron chi connectivity index (χ1n) is 14.1. The van der Waals surface area contributed by atoms with Crippen LogP contribution in [0.4, 0.5) is 18.9 Å². The lowest BCUT2D eigenvalue weighted by Crippen LogP contribution is -2.28. The van der Waals surface area contributed by atoms with Gasteiger partial charge in [-0.2, -0.15) is 5.10 Å². The van der Waals surface area contributed by atoms with Crippen molar-refractivity contribution in [3.63, 3.8) is 0 Å². The number of hydrogen-bond acceptors (Lipinski definition) is 9. The Morgan fingerprint density at radius 3 is 2.39 bits per heavy atom. The second kappa shape index (κ2) is 15.9. The zero-order valence-corrected chi connectivity index (χ0v) is 26.2. The number of halogens is 3. The summed E-state index contributed by atoms with van der Waals surface area (Å²) in [6.45, 7) is 4.86. The quantitative estimate of drug-likeness (QED) is 0.0813. The van der Waals surface area contributed by atoms with Crippen molar-refractivity contribution in [1.29, 1.82) is 0 Å². The number of amidine groups is 1. The summed E-state index contributed by atoms with van der Waals surface area (Å²) in [6, 6.07) is 16.4. The predicted octanol–water partition coefficient (Wildman–Crippen LogP) is 5.27. The Morgan fingerprint density at radius 1 is 1.07 bits per heavy atom. The van der Waals surface area contributed by atoms with Crippen LogP contribution in [0.3, 0.4) is 0 Å². The first-order chi connectivity index (χ1) is 22.0. The molecule has 0 aliphatic carbocycles. The van der Waals surface area contributed by atoms with Crippen molar-refractivity contribution in [1.82, 2.24) is 25.5 Å². The molecular formula is C31H33F3N8O3S. The van der Waals surface area contributed by atoms with Gasteiger partial charge in [0.15, 0.2) is 11.0 Å². The van der Waals surface area contributed by atoms with Crippen molar-refractivity contribution in [2.75, 3.05) is 26.0 Å². The largest absolute Gasteiger partial charge is 0.573 e. The van der Waals surface area contributed by atoms with E-state index in [1.165, 1.54) is 47.0 Å². The molecule has 0 fully saturated rings.